The third-order valence-electron chi connectivity index (χ3n) is 4.98. The predicted molar refractivity (Wildman–Crippen MR) is 104 cm³/mol. The summed E-state index contributed by atoms with van der Waals surface area (Å²) in [6.45, 7) is 2.52. The van der Waals surface area contributed by atoms with Crippen molar-refractivity contribution in [3.63, 3.8) is 0 Å². The molecule has 1 heterocycles. The normalized spacial score (nSPS) is 18.5. The first-order valence-electron chi connectivity index (χ1n) is 9.37. The molecule has 0 aromatic heterocycles. The van der Waals surface area contributed by atoms with E-state index < -0.39 is 12.0 Å². The van der Waals surface area contributed by atoms with Crippen molar-refractivity contribution < 1.29 is 14.3 Å². The van der Waals surface area contributed by atoms with Crippen molar-refractivity contribution in [2.45, 2.75) is 25.4 Å². The smallest absolute Gasteiger partial charge is 0.333 e. The average molecular weight is 366 g/mol. The second-order valence-corrected chi connectivity index (χ2v) is 6.94. The molecule has 2 aromatic rings. The van der Waals surface area contributed by atoms with Crippen LogP contribution >= 0.6 is 0 Å². The van der Waals surface area contributed by atoms with E-state index >= 15 is 0 Å². The van der Waals surface area contributed by atoms with Crippen LogP contribution < -0.4 is 5.32 Å². The molecule has 5 nitrogen and oxygen atoms in total. The molecule has 0 bridgehead atoms. The van der Waals surface area contributed by atoms with E-state index in [1.54, 1.807) is 0 Å². The second kappa shape index (κ2) is 9.33. The van der Waals surface area contributed by atoms with Crippen LogP contribution in [0.3, 0.4) is 0 Å². The molecule has 2 atom stereocenters. The molecule has 142 valence electrons. The summed E-state index contributed by atoms with van der Waals surface area (Å²) in [7, 11) is 1.34. The molecule has 2 aromatic carbocycles. The lowest BCUT2D eigenvalue weighted by Gasteiger charge is -2.32. The molecule has 0 radical (unpaired) electrons. The number of nitrogens with one attached hydrogen (secondary N) is 1. The maximum Gasteiger partial charge on any atom is 0.333 e. The van der Waals surface area contributed by atoms with Gasteiger partial charge in [0.1, 0.15) is 0 Å². The first-order chi connectivity index (χ1) is 13.2. The Morgan fingerprint density at radius 1 is 1.11 bits per heavy atom. The number of carbonyl (C=O) groups excluding carboxylic acids is 2. The highest BCUT2D eigenvalue weighted by Crippen LogP contribution is 2.21. The third kappa shape index (κ3) is 5.17. The van der Waals surface area contributed by atoms with Gasteiger partial charge >= 0.3 is 5.97 Å². The van der Waals surface area contributed by atoms with Crippen LogP contribution in [-0.4, -0.2) is 37.0 Å². The molecule has 1 fully saturated rings. The summed E-state index contributed by atoms with van der Waals surface area (Å²) in [6, 6.07) is 18.7. The van der Waals surface area contributed by atoms with E-state index in [2.05, 4.69) is 22.3 Å². The van der Waals surface area contributed by atoms with Gasteiger partial charge in [0.25, 0.3) is 0 Å². The summed E-state index contributed by atoms with van der Waals surface area (Å²) in [6.07, 6.45) is 1.80. The number of nitrogens with zero attached hydrogens (tertiary/aromatic N) is 1. The molecular formula is C22H26N2O3. The first kappa shape index (κ1) is 19.1. The molecule has 1 aliphatic heterocycles. The Morgan fingerprint density at radius 3 is 2.44 bits per heavy atom. The van der Waals surface area contributed by atoms with E-state index in [1.807, 2.05) is 48.5 Å². The minimum absolute atomic E-state index is 0.0907. The topological polar surface area (TPSA) is 58.6 Å². The molecule has 5 heteroatoms. The Morgan fingerprint density at radius 2 is 1.78 bits per heavy atom. The molecule has 0 saturated carbocycles. The fraction of sp³-hybridized carbons (Fsp3) is 0.364. The number of hydrogen-bond donors (Lipinski definition) is 1. The molecule has 1 N–H and O–H groups in total. The maximum absolute atomic E-state index is 12.9. The molecule has 1 aliphatic rings. The number of methoxy groups -OCH3 is 1. The number of amides is 1. The Bertz CT molecular complexity index is 749. The van der Waals surface area contributed by atoms with E-state index in [0.29, 0.717) is 6.54 Å². The number of benzene rings is 2. The van der Waals surface area contributed by atoms with Gasteiger partial charge in [-0.3, -0.25) is 9.69 Å². The minimum atomic E-state index is -0.770. The zero-order valence-corrected chi connectivity index (χ0v) is 15.6. The number of piperidine rings is 1. The van der Waals surface area contributed by atoms with Crippen molar-refractivity contribution >= 4 is 11.9 Å². The molecule has 0 spiro atoms. The van der Waals surface area contributed by atoms with E-state index in [1.165, 1.54) is 12.7 Å². The van der Waals surface area contributed by atoms with Crippen molar-refractivity contribution in [1.29, 1.82) is 0 Å². The quantitative estimate of drug-likeness (QED) is 0.799. The number of carbonyl (C=O) groups is 2. The number of likely N-dealkylation sites (tertiary alicyclic amines) is 1. The summed E-state index contributed by atoms with van der Waals surface area (Å²) in [5.74, 6) is -0.670. The van der Waals surface area contributed by atoms with Crippen LogP contribution in [0.2, 0.25) is 0 Å². The lowest BCUT2D eigenvalue weighted by molar-refractivity contribution is -0.146. The van der Waals surface area contributed by atoms with E-state index in [9.17, 15) is 9.59 Å². The Balaban J connectivity index is 1.64. The van der Waals surface area contributed by atoms with Gasteiger partial charge in [-0.2, -0.15) is 0 Å². The first-order valence-corrected chi connectivity index (χ1v) is 9.37. The highest BCUT2D eigenvalue weighted by Gasteiger charge is 2.30. The molecule has 27 heavy (non-hydrogen) atoms. The van der Waals surface area contributed by atoms with Crippen LogP contribution in [0.15, 0.2) is 60.7 Å². The minimum Gasteiger partial charge on any atom is -0.467 e. The molecular weight excluding hydrogens is 340 g/mol. The van der Waals surface area contributed by atoms with Crippen molar-refractivity contribution in [2.75, 3.05) is 20.2 Å². The lowest BCUT2D eigenvalue weighted by atomic mass is 9.95. The molecule has 2 unspecified atom stereocenters. The van der Waals surface area contributed by atoms with Crippen molar-refractivity contribution in [1.82, 2.24) is 10.2 Å². The largest absolute Gasteiger partial charge is 0.467 e. The monoisotopic (exact) mass is 366 g/mol. The summed E-state index contributed by atoms with van der Waals surface area (Å²) >= 11 is 0. The number of rotatable bonds is 6. The van der Waals surface area contributed by atoms with Crippen LogP contribution in [0.5, 0.6) is 0 Å². The molecule has 3 rings (SSSR count). The summed E-state index contributed by atoms with van der Waals surface area (Å²) in [4.78, 5) is 27.3. The van der Waals surface area contributed by atoms with Crippen LogP contribution in [0.4, 0.5) is 0 Å². The Labute approximate surface area is 160 Å². The molecule has 1 amide bonds. The summed E-state index contributed by atoms with van der Waals surface area (Å²) < 4.78 is 4.89. The fourth-order valence-electron chi connectivity index (χ4n) is 3.56. The van der Waals surface area contributed by atoms with Gasteiger partial charge in [-0.25, -0.2) is 4.79 Å². The van der Waals surface area contributed by atoms with Gasteiger partial charge in [-0.15, -0.1) is 0 Å². The van der Waals surface area contributed by atoms with Crippen LogP contribution in [-0.2, 0) is 20.9 Å². The van der Waals surface area contributed by atoms with Crippen LogP contribution in [0, 0.1) is 5.92 Å². The SMILES string of the molecule is COC(=O)C(NC(=O)C1CCCN(Cc2ccccc2)C1)c1ccccc1. The van der Waals surface area contributed by atoms with Gasteiger partial charge in [0.15, 0.2) is 6.04 Å². The van der Waals surface area contributed by atoms with Crippen molar-refractivity contribution in [3.8, 4) is 0 Å². The van der Waals surface area contributed by atoms with Gasteiger partial charge < -0.3 is 10.1 Å². The lowest BCUT2D eigenvalue weighted by Crippen LogP contribution is -2.45. The summed E-state index contributed by atoms with van der Waals surface area (Å²) in [5, 5.41) is 2.90. The van der Waals surface area contributed by atoms with Crippen molar-refractivity contribution in [2.24, 2.45) is 5.92 Å². The average Bonchev–Trinajstić information content (AvgIpc) is 2.73. The standard InChI is InChI=1S/C22H26N2O3/c1-27-22(26)20(18-11-6-3-7-12-18)23-21(25)19-13-8-14-24(16-19)15-17-9-4-2-5-10-17/h2-7,9-12,19-20H,8,13-16H2,1H3,(H,23,25). The Hall–Kier alpha value is -2.66. The van der Waals surface area contributed by atoms with Crippen molar-refractivity contribution in [3.05, 3.63) is 71.8 Å². The van der Waals surface area contributed by atoms with Gasteiger partial charge in [0, 0.05) is 13.1 Å². The van der Waals surface area contributed by atoms with Gasteiger partial charge in [0.2, 0.25) is 5.91 Å². The predicted octanol–water partition coefficient (Wildman–Crippen LogP) is 2.93. The number of esters is 1. The fourth-order valence-corrected chi connectivity index (χ4v) is 3.56. The molecule has 0 aliphatic carbocycles. The van der Waals surface area contributed by atoms with Gasteiger partial charge in [-0.1, -0.05) is 60.7 Å². The third-order valence-corrected chi connectivity index (χ3v) is 4.98. The number of hydrogen-bond acceptors (Lipinski definition) is 4. The highest BCUT2D eigenvalue weighted by molar-refractivity contribution is 5.86. The number of ether oxygens (including phenoxy) is 1. The second-order valence-electron chi connectivity index (χ2n) is 6.94. The molecule has 1 saturated heterocycles. The highest BCUT2D eigenvalue weighted by atomic mass is 16.5. The van der Waals surface area contributed by atoms with Crippen LogP contribution in [0.25, 0.3) is 0 Å². The Kier molecular flexibility index (Phi) is 6.60. The zero-order chi connectivity index (χ0) is 19.1. The van der Waals surface area contributed by atoms with Gasteiger partial charge in [-0.05, 0) is 30.5 Å². The maximum atomic E-state index is 12.9. The van der Waals surface area contributed by atoms with E-state index in [-0.39, 0.29) is 11.8 Å². The van der Waals surface area contributed by atoms with E-state index in [0.717, 1.165) is 31.5 Å². The zero-order valence-electron chi connectivity index (χ0n) is 15.6. The van der Waals surface area contributed by atoms with Crippen LogP contribution in [0.1, 0.15) is 30.0 Å². The van der Waals surface area contributed by atoms with E-state index in [4.69, 9.17) is 4.74 Å². The van der Waals surface area contributed by atoms with Gasteiger partial charge in [0.05, 0.1) is 13.0 Å². The summed E-state index contributed by atoms with van der Waals surface area (Å²) in [5.41, 5.74) is 1.98.